The number of carbonyl (C=O) groups is 2. The number of nitrogens with one attached hydrogen (secondary N) is 1. The van der Waals surface area contributed by atoms with Crippen LogP contribution in [0.4, 0.5) is 4.79 Å². The highest BCUT2D eigenvalue weighted by Gasteiger charge is 2.54. The lowest BCUT2D eigenvalue weighted by Crippen LogP contribution is -2.57. The Bertz CT molecular complexity index is 744. The number of fused-ring (bicyclic) bond motifs is 1. The lowest BCUT2D eigenvalue weighted by atomic mass is 9.74. The SMILES string of the molecule is C[C@H](c1ccccc1)N1C[C@]2(NC(=O)OC(C)(C)C)CCC(=O)C[C@H]2C1=S. The second-order valence-electron chi connectivity index (χ2n) is 8.63. The van der Waals surface area contributed by atoms with Crippen LogP contribution in [0.25, 0.3) is 0 Å². The van der Waals surface area contributed by atoms with E-state index in [0.717, 1.165) is 10.6 Å². The standard InChI is InChI=1S/C21H28N2O3S/c1-14(15-8-6-5-7-9-15)23-13-21(22-19(25)26-20(2,3)4)11-10-16(24)12-17(21)18(23)27/h5-9,14,17H,10-13H2,1-4H3,(H,22,25)/t14-,17+,21-/m1/s1. The number of alkyl carbamates (subject to hydrolysis) is 1. The highest BCUT2D eigenvalue weighted by Crippen LogP contribution is 2.43. The fraction of sp³-hybridized carbons (Fsp3) is 0.571. The quantitative estimate of drug-likeness (QED) is 0.793. The molecule has 0 radical (unpaired) electrons. The topological polar surface area (TPSA) is 58.6 Å². The summed E-state index contributed by atoms with van der Waals surface area (Å²) in [5.41, 5.74) is 0.0463. The fourth-order valence-electron chi connectivity index (χ4n) is 4.09. The lowest BCUT2D eigenvalue weighted by molar-refractivity contribution is -0.122. The van der Waals surface area contributed by atoms with E-state index >= 15 is 0 Å². The number of amides is 1. The molecule has 1 heterocycles. The highest BCUT2D eigenvalue weighted by atomic mass is 32.1. The Labute approximate surface area is 166 Å². The summed E-state index contributed by atoms with van der Waals surface area (Å²) in [5, 5.41) is 3.10. The first-order valence-corrected chi connectivity index (χ1v) is 9.90. The molecule has 3 rings (SSSR count). The van der Waals surface area contributed by atoms with Gasteiger partial charge in [0.1, 0.15) is 11.4 Å². The Balaban J connectivity index is 1.86. The zero-order valence-corrected chi connectivity index (χ0v) is 17.3. The minimum atomic E-state index is -0.573. The summed E-state index contributed by atoms with van der Waals surface area (Å²) in [5.74, 6) is 0.0469. The number of benzene rings is 1. The van der Waals surface area contributed by atoms with Gasteiger partial charge in [-0.05, 0) is 39.7 Å². The van der Waals surface area contributed by atoms with E-state index in [9.17, 15) is 9.59 Å². The molecule has 5 nitrogen and oxygen atoms in total. The van der Waals surface area contributed by atoms with Crippen LogP contribution >= 0.6 is 12.2 Å². The molecule has 1 saturated heterocycles. The van der Waals surface area contributed by atoms with E-state index in [4.69, 9.17) is 17.0 Å². The molecule has 1 aliphatic heterocycles. The molecule has 6 heteroatoms. The van der Waals surface area contributed by atoms with Crippen molar-refractivity contribution in [3.8, 4) is 0 Å². The fourth-order valence-corrected chi connectivity index (χ4v) is 4.62. The van der Waals surface area contributed by atoms with Crippen LogP contribution < -0.4 is 5.32 Å². The van der Waals surface area contributed by atoms with Crippen molar-refractivity contribution in [2.45, 2.75) is 64.1 Å². The van der Waals surface area contributed by atoms with Crippen molar-refractivity contribution >= 4 is 29.1 Å². The van der Waals surface area contributed by atoms with E-state index in [1.807, 2.05) is 39.0 Å². The summed E-state index contributed by atoms with van der Waals surface area (Å²) in [6.07, 6.45) is 0.988. The van der Waals surface area contributed by atoms with Crippen molar-refractivity contribution in [3.63, 3.8) is 0 Å². The summed E-state index contributed by atoms with van der Waals surface area (Å²) in [4.78, 5) is 27.6. The molecule has 1 N–H and O–H groups in total. The number of hydrogen-bond acceptors (Lipinski definition) is 4. The van der Waals surface area contributed by atoms with Gasteiger partial charge < -0.3 is 15.0 Å². The average molecular weight is 389 g/mol. The molecule has 0 bridgehead atoms. The maximum absolute atomic E-state index is 12.5. The van der Waals surface area contributed by atoms with Gasteiger partial charge >= 0.3 is 6.09 Å². The van der Waals surface area contributed by atoms with Gasteiger partial charge in [-0.15, -0.1) is 0 Å². The number of thiocarbonyl (C=S) groups is 1. The van der Waals surface area contributed by atoms with Crippen molar-refractivity contribution in [1.82, 2.24) is 10.2 Å². The summed E-state index contributed by atoms with van der Waals surface area (Å²) < 4.78 is 5.49. The van der Waals surface area contributed by atoms with Crippen molar-refractivity contribution in [2.24, 2.45) is 5.92 Å². The molecule has 2 aliphatic rings. The summed E-state index contributed by atoms with van der Waals surface area (Å²) in [6, 6.07) is 10.2. The Hall–Kier alpha value is -1.95. The Morgan fingerprint density at radius 2 is 2.00 bits per heavy atom. The number of hydrogen-bond donors (Lipinski definition) is 1. The zero-order valence-electron chi connectivity index (χ0n) is 16.5. The monoisotopic (exact) mass is 388 g/mol. The minimum absolute atomic E-state index is 0.0803. The van der Waals surface area contributed by atoms with Crippen molar-refractivity contribution in [1.29, 1.82) is 0 Å². The Kier molecular flexibility index (Phi) is 5.30. The molecular weight excluding hydrogens is 360 g/mol. The predicted octanol–water partition coefficient (Wildman–Crippen LogP) is 4.02. The van der Waals surface area contributed by atoms with E-state index in [1.165, 1.54) is 0 Å². The van der Waals surface area contributed by atoms with E-state index in [-0.39, 0.29) is 17.7 Å². The summed E-state index contributed by atoms with van der Waals surface area (Å²) >= 11 is 5.78. The molecule has 0 spiro atoms. The molecule has 1 saturated carbocycles. The largest absolute Gasteiger partial charge is 0.444 e. The number of ether oxygens (including phenoxy) is 1. The first kappa shape index (κ1) is 19.8. The van der Waals surface area contributed by atoms with Crippen molar-refractivity contribution in [3.05, 3.63) is 35.9 Å². The second kappa shape index (κ2) is 7.23. The first-order chi connectivity index (χ1) is 12.6. The Morgan fingerprint density at radius 3 is 2.63 bits per heavy atom. The molecule has 1 aromatic rings. The minimum Gasteiger partial charge on any atom is -0.444 e. The van der Waals surface area contributed by atoms with Crippen LogP contribution in [0.2, 0.25) is 0 Å². The molecular formula is C21H28N2O3S. The van der Waals surface area contributed by atoms with Crippen molar-refractivity contribution < 1.29 is 14.3 Å². The molecule has 3 atom stereocenters. The van der Waals surface area contributed by atoms with Gasteiger partial charge in [0, 0.05) is 25.3 Å². The number of Topliss-reactive ketones (excluding diaryl/α,β-unsaturated/α-hetero) is 1. The second-order valence-corrected chi connectivity index (χ2v) is 9.05. The molecule has 0 unspecified atom stereocenters. The number of carbonyl (C=O) groups excluding carboxylic acids is 2. The maximum Gasteiger partial charge on any atom is 0.408 e. The van der Waals surface area contributed by atoms with E-state index in [2.05, 4.69) is 29.3 Å². The predicted molar refractivity (Wildman–Crippen MR) is 109 cm³/mol. The first-order valence-electron chi connectivity index (χ1n) is 9.50. The van der Waals surface area contributed by atoms with Gasteiger partial charge in [0.2, 0.25) is 0 Å². The van der Waals surface area contributed by atoms with Gasteiger partial charge in [-0.1, -0.05) is 42.5 Å². The molecule has 2 fully saturated rings. The number of nitrogens with zero attached hydrogens (tertiary/aromatic N) is 1. The third-order valence-electron chi connectivity index (χ3n) is 5.48. The van der Waals surface area contributed by atoms with Crippen LogP contribution in [0.5, 0.6) is 0 Å². The Morgan fingerprint density at radius 1 is 1.33 bits per heavy atom. The third-order valence-corrected chi connectivity index (χ3v) is 6.00. The number of ketones is 1. The molecule has 1 aromatic carbocycles. The molecule has 146 valence electrons. The highest BCUT2D eigenvalue weighted by molar-refractivity contribution is 7.80. The zero-order chi connectivity index (χ0) is 19.8. The van der Waals surface area contributed by atoms with Gasteiger partial charge in [0.15, 0.2) is 0 Å². The van der Waals surface area contributed by atoms with E-state index in [1.54, 1.807) is 0 Å². The van der Waals surface area contributed by atoms with Crippen LogP contribution in [-0.4, -0.2) is 39.4 Å². The maximum atomic E-state index is 12.5. The van der Waals surface area contributed by atoms with E-state index in [0.29, 0.717) is 25.8 Å². The van der Waals surface area contributed by atoms with E-state index < -0.39 is 17.2 Å². The summed E-state index contributed by atoms with van der Waals surface area (Å²) in [7, 11) is 0. The lowest BCUT2D eigenvalue weighted by Gasteiger charge is -2.38. The van der Waals surface area contributed by atoms with Crippen LogP contribution in [0.3, 0.4) is 0 Å². The van der Waals surface area contributed by atoms with Crippen LogP contribution in [0.15, 0.2) is 30.3 Å². The van der Waals surface area contributed by atoms with Crippen molar-refractivity contribution in [2.75, 3.05) is 6.54 Å². The molecule has 1 aliphatic carbocycles. The smallest absolute Gasteiger partial charge is 0.408 e. The van der Waals surface area contributed by atoms with Gasteiger partial charge in [0.05, 0.1) is 16.6 Å². The van der Waals surface area contributed by atoms with Gasteiger partial charge in [-0.25, -0.2) is 4.79 Å². The van der Waals surface area contributed by atoms with Gasteiger partial charge in [-0.3, -0.25) is 4.79 Å². The van der Waals surface area contributed by atoms with Gasteiger partial charge in [0.25, 0.3) is 0 Å². The number of likely N-dealkylation sites (tertiary alicyclic amines) is 1. The normalized spacial score (nSPS) is 26.5. The number of rotatable bonds is 3. The molecule has 27 heavy (non-hydrogen) atoms. The average Bonchev–Trinajstić information content (AvgIpc) is 2.86. The van der Waals surface area contributed by atoms with Crippen LogP contribution in [-0.2, 0) is 9.53 Å². The molecule has 0 aromatic heterocycles. The molecule has 1 amide bonds. The van der Waals surface area contributed by atoms with Crippen LogP contribution in [0.1, 0.15) is 58.6 Å². The van der Waals surface area contributed by atoms with Crippen LogP contribution in [0, 0.1) is 5.92 Å². The third kappa shape index (κ3) is 4.15. The van der Waals surface area contributed by atoms with Gasteiger partial charge in [-0.2, -0.15) is 0 Å². The summed E-state index contributed by atoms with van der Waals surface area (Å²) in [6.45, 7) is 8.24.